The highest BCUT2D eigenvalue weighted by Gasteiger charge is 2.31. The Labute approximate surface area is 216 Å². The van der Waals surface area contributed by atoms with E-state index in [1.165, 1.54) is 5.56 Å². The van der Waals surface area contributed by atoms with Gasteiger partial charge in [0.25, 0.3) is 0 Å². The van der Waals surface area contributed by atoms with Gasteiger partial charge in [-0.15, -0.1) is 0 Å². The summed E-state index contributed by atoms with van der Waals surface area (Å²) in [4.78, 5) is 2.16. The zero-order chi connectivity index (χ0) is 24.9. The van der Waals surface area contributed by atoms with Crippen molar-refractivity contribution in [1.82, 2.24) is 4.90 Å². The number of ether oxygens (including phenoxy) is 4. The summed E-state index contributed by atoms with van der Waals surface area (Å²) in [5.74, 6) is 2.92. The van der Waals surface area contributed by atoms with Gasteiger partial charge in [-0.05, 0) is 90.8 Å². The van der Waals surface area contributed by atoms with Crippen molar-refractivity contribution in [3.05, 3.63) is 76.3 Å². The molecular weight excluding hydrogens is 484 g/mol. The molecule has 0 unspecified atom stereocenters. The van der Waals surface area contributed by atoms with Crippen LogP contribution in [0.25, 0.3) is 0 Å². The minimum absolute atomic E-state index is 0.139. The number of methoxy groups -OCH3 is 3. The second kappa shape index (κ2) is 11.1. The third kappa shape index (κ3) is 5.41. The van der Waals surface area contributed by atoms with Crippen LogP contribution in [0.4, 0.5) is 5.69 Å². The van der Waals surface area contributed by atoms with Crippen LogP contribution in [0, 0.1) is 6.92 Å². The number of rotatable bonds is 7. The molecule has 6 nitrogen and oxygen atoms in total. The molecule has 1 N–H and O–H groups in total. The lowest BCUT2D eigenvalue weighted by molar-refractivity contribution is 0.190. The molecule has 0 saturated heterocycles. The summed E-state index contributed by atoms with van der Waals surface area (Å²) >= 11 is 12.2. The number of nitrogens with zero attached hydrogens (tertiary/aromatic N) is 1. The molecular formula is C27H29ClN2O4S. The van der Waals surface area contributed by atoms with E-state index in [0.717, 1.165) is 41.3 Å². The summed E-state index contributed by atoms with van der Waals surface area (Å²) in [6.45, 7) is 3.09. The van der Waals surface area contributed by atoms with E-state index in [0.29, 0.717) is 28.2 Å². The maximum atomic E-state index is 6.33. The van der Waals surface area contributed by atoms with Gasteiger partial charge in [-0.3, -0.25) is 0 Å². The molecule has 1 atom stereocenters. The lowest BCUT2D eigenvalue weighted by Crippen LogP contribution is -2.44. The number of fused-ring (bicyclic) bond motifs is 1. The number of halogens is 1. The first-order valence-corrected chi connectivity index (χ1v) is 12.1. The third-order valence-corrected chi connectivity index (χ3v) is 6.99. The minimum atomic E-state index is -0.139. The molecule has 4 rings (SSSR count). The lowest BCUT2D eigenvalue weighted by atomic mass is 9.92. The van der Waals surface area contributed by atoms with E-state index in [2.05, 4.69) is 10.2 Å². The number of anilines is 1. The Morgan fingerprint density at radius 3 is 2.37 bits per heavy atom. The Bertz CT molecular complexity index is 1200. The van der Waals surface area contributed by atoms with Gasteiger partial charge < -0.3 is 29.2 Å². The van der Waals surface area contributed by atoms with E-state index < -0.39 is 0 Å². The molecule has 3 aromatic carbocycles. The van der Waals surface area contributed by atoms with Crippen LogP contribution in [0.2, 0.25) is 5.02 Å². The fourth-order valence-electron chi connectivity index (χ4n) is 4.23. The summed E-state index contributed by atoms with van der Waals surface area (Å²) in [6.07, 6.45) is 0.811. The molecule has 0 bridgehead atoms. The van der Waals surface area contributed by atoms with E-state index in [9.17, 15) is 0 Å². The van der Waals surface area contributed by atoms with Crippen LogP contribution in [-0.4, -0.2) is 44.5 Å². The van der Waals surface area contributed by atoms with Crippen molar-refractivity contribution in [3.63, 3.8) is 0 Å². The zero-order valence-electron chi connectivity index (χ0n) is 20.3. The zero-order valence-corrected chi connectivity index (χ0v) is 21.8. The van der Waals surface area contributed by atoms with Crippen LogP contribution in [0.1, 0.15) is 22.7 Å². The molecule has 0 fully saturated rings. The van der Waals surface area contributed by atoms with Crippen LogP contribution in [-0.2, 0) is 6.42 Å². The van der Waals surface area contributed by atoms with E-state index in [1.807, 2.05) is 61.5 Å². The van der Waals surface area contributed by atoms with E-state index >= 15 is 0 Å². The molecule has 1 aliphatic rings. The average Bonchev–Trinajstić information content (AvgIpc) is 2.89. The smallest absolute Gasteiger partial charge is 0.174 e. The SMILES string of the molecule is COc1ccc(OC[C@H]2c3cc(OC)c(OC)cc3CCN2C(=S)Nc2cccc(Cl)c2C)cc1. The van der Waals surface area contributed by atoms with E-state index in [-0.39, 0.29) is 6.04 Å². The highest BCUT2D eigenvalue weighted by atomic mass is 35.5. The minimum Gasteiger partial charge on any atom is -0.497 e. The van der Waals surface area contributed by atoms with Crippen molar-refractivity contribution in [3.8, 4) is 23.0 Å². The van der Waals surface area contributed by atoms with Crippen molar-refractivity contribution < 1.29 is 18.9 Å². The Hall–Kier alpha value is -3.16. The predicted octanol–water partition coefficient (Wildman–Crippen LogP) is 6.05. The normalized spacial score (nSPS) is 14.7. The van der Waals surface area contributed by atoms with Gasteiger partial charge in [0, 0.05) is 17.3 Å². The molecule has 3 aromatic rings. The maximum Gasteiger partial charge on any atom is 0.174 e. The molecule has 184 valence electrons. The maximum absolute atomic E-state index is 6.33. The third-order valence-electron chi connectivity index (χ3n) is 6.24. The van der Waals surface area contributed by atoms with Crippen molar-refractivity contribution in [2.75, 3.05) is 39.8 Å². The number of hydrogen-bond donors (Lipinski definition) is 1. The molecule has 0 amide bonds. The second-order valence-electron chi connectivity index (χ2n) is 8.19. The van der Waals surface area contributed by atoms with Crippen LogP contribution in [0.15, 0.2) is 54.6 Å². The summed E-state index contributed by atoms with van der Waals surface area (Å²) in [5.41, 5.74) is 4.11. The van der Waals surface area contributed by atoms with Crippen LogP contribution in [0.3, 0.4) is 0 Å². The quantitative estimate of drug-likeness (QED) is 0.387. The van der Waals surface area contributed by atoms with Crippen LogP contribution >= 0.6 is 23.8 Å². The standard InChI is InChI=1S/C27H29ClN2O4S/c1-17-22(28)6-5-7-23(17)29-27(35)30-13-12-18-14-25(32-3)26(33-4)15-21(18)24(30)16-34-20-10-8-19(31-2)9-11-20/h5-11,14-15,24H,12-13,16H2,1-4H3,(H,29,35)/t24-/m0/s1. The number of thiocarbonyl (C=S) groups is 1. The second-order valence-corrected chi connectivity index (χ2v) is 8.99. The predicted molar refractivity (Wildman–Crippen MR) is 144 cm³/mol. The molecule has 0 spiro atoms. The van der Waals surface area contributed by atoms with Crippen molar-refractivity contribution in [2.45, 2.75) is 19.4 Å². The average molecular weight is 513 g/mol. The van der Waals surface area contributed by atoms with Crippen LogP contribution in [0.5, 0.6) is 23.0 Å². The molecule has 1 aliphatic heterocycles. The highest BCUT2D eigenvalue weighted by molar-refractivity contribution is 7.80. The molecule has 0 radical (unpaired) electrons. The molecule has 8 heteroatoms. The van der Waals surface area contributed by atoms with Gasteiger partial charge in [-0.25, -0.2) is 0 Å². The summed E-state index contributed by atoms with van der Waals surface area (Å²) in [7, 11) is 4.93. The van der Waals surface area contributed by atoms with Crippen molar-refractivity contribution in [2.24, 2.45) is 0 Å². The molecule has 0 aromatic heterocycles. The first-order chi connectivity index (χ1) is 16.9. The molecule has 35 heavy (non-hydrogen) atoms. The molecule has 0 saturated carbocycles. The first-order valence-electron chi connectivity index (χ1n) is 11.3. The lowest BCUT2D eigenvalue weighted by Gasteiger charge is -2.39. The Morgan fingerprint density at radius 1 is 1.00 bits per heavy atom. The van der Waals surface area contributed by atoms with Crippen LogP contribution < -0.4 is 24.3 Å². The number of nitrogens with one attached hydrogen (secondary N) is 1. The van der Waals surface area contributed by atoms with Gasteiger partial charge in [0.05, 0.1) is 27.4 Å². The van der Waals surface area contributed by atoms with Crippen molar-refractivity contribution >= 4 is 34.6 Å². The highest BCUT2D eigenvalue weighted by Crippen LogP contribution is 2.39. The van der Waals surface area contributed by atoms with Gasteiger partial charge in [0.15, 0.2) is 16.6 Å². The molecule has 1 heterocycles. The van der Waals surface area contributed by atoms with Gasteiger partial charge in [-0.2, -0.15) is 0 Å². The Balaban J connectivity index is 1.65. The summed E-state index contributed by atoms with van der Waals surface area (Å²) in [5, 5.41) is 4.69. The number of hydrogen-bond acceptors (Lipinski definition) is 5. The summed E-state index contributed by atoms with van der Waals surface area (Å²) in [6, 6.07) is 17.2. The van der Waals surface area contributed by atoms with Gasteiger partial charge >= 0.3 is 0 Å². The summed E-state index contributed by atoms with van der Waals surface area (Å²) < 4.78 is 22.6. The fraction of sp³-hybridized carbons (Fsp3) is 0.296. The largest absolute Gasteiger partial charge is 0.497 e. The Morgan fingerprint density at radius 2 is 1.69 bits per heavy atom. The fourth-order valence-corrected chi connectivity index (χ4v) is 4.73. The molecule has 0 aliphatic carbocycles. The van der Waals surface area contributed by atoms with E-state index in [4.69, 9.17) is 42.8 Å². The number of benzene rings is 3. The first kappa shape index (κ1) is 24.9. The van der Waals surface area contributed by atoms with Gasteiger partial charge in [0.1, 0.15) is 18.1 Å². The Kier molecular flexibility index (Phi) is 7.88. The monoisotopic (exact) mass is 512 g/mol. The van der Waals surface area contributed by atoms with E-state index in [1.54, 1.807) is 21.3 Å². The topological polar surface area (TPSA) is 52.2 Å². The van der Waals surface area contributed by atoms with Gasteiger partial charge in [0.2, 0.25) is 0 Å². The van der Waals surface area contributed by atoms with Gasteiger partial charge in [-0.1, -0.05) is 17.7 Å². The van der Waals surface area contributed by atoms with Crippen molar-refractivity contribution in [1.29, 1.82) is 0 Å².